The molecule has 3 aromatic carbocycles. The number of hydrogen-bond acceptors (Lipinski definition) is 3. The number of anilines is 2. The third kappa shape index (κ3) is 5.75. The normalized spacial score (nSPS) is 11.5. The van der Waals surface area contributed by atoms with Gasteiger partial charge in [0.2, 0.25) is 0 Å². The van der Waals surface area contributed by atoms with Crippen LogP contribution >= 0.6 is 23.2 Å². The predicted molar refractivity (Wildman–Crippen MR) is 121 cm³/mol. The van der Waals surface area contributed by atoms with E-state index in [1.54, 1.807) is 49.4 Å². The molecule has 7 heteroatoms. The van der Waals surface area contributed by atoms with Crippen molar-refractivity contribution in [3.8, 4) is 5.75 Å². The van der Waals surface area contributed by atoms with Gasteiger partial charge in [-0.2, -0.15) is 0 Å². The van der Waals surface area contributed by atoms with Crippen molar-refractivity contribution in [3.63, 3.8) is 0 Å². The monoisotopic (exact) mass is 442 g/mol. The Balaban J connectivity index is 1.59. The van der Waals surface area contributed by atoms with Gasteiger partial charge in [-0.25, -0.2) is 0 Å². The van der Waals surface area contributed by atoms with Crippen LogP contribution in [0.4, 0.5) is 11.4 Å². The van der Waals surface area contributed by atoms with Crippen LogP contribution < -0.4 is 15.4 Å². The second kappa shape index (κ2) is 9.65. The lowest BCUT2D eigenvalue weighted by Crippen LogP contribution is -2.30. The molecule has 0 aliphatic heterocycles. The van der Waals surface area contributed by atoms with Crippen molar-refractivity contribution in [2.45, 2.75) is 20.0 Å². The molecule has 3 rings (SSSR count). The number of benzene rings is 3. The minimum atomic E-state index is -0.712. The molecule has 3 aromatic rings. The molecule has 0 bridgehead atoms. The molecule has 0 aromatic heterocycles. The maximum Gasteiger partial charge on any atom is 0.265 e. The highest BCUT2D eigenvalue weighted by Gasteiger charge is 2.15. The van der Waals surface area contributed by atoms with Gasteiger partial charge in [0.15, 0.2) is 6.10 Å². The molecule has 30 heavy (non-hydrogen) atoms. The molecule has 0 fully saturated rings. The molecule has 1 atom stereocenters. The number of amides is 2. The van der Waals surface area contributed by atoms with Crippen molar-refractivity contribution in [3.05, 3.63) is 87.9 Å². The summed E-state index contributed by atoms with van der Waals surface area (Å²) in [7, 11) is 0. The van der Waals surface area contributed by atoms with Crippen LogP contribution in [0.2, 0.25) is 10.0 Å². The van der Waals surface area contributed by atoms with Gasteiger partial charge < -0.3 is 15.4 Å². The fraction of sp³-hybridized carbons (Fsp3) is 0.130. The number of nitrogens with one attached hydrogen (secondary N) is 2. The zero-order chi connectivity index (χ0) is 21.7. The lowest BCUT2D eigenvalue weighted by atomic mass is 10.2. The van der Waals surface area contributed by atoms with Gasteiger partial charge in [0.05, 0.1) is 10.7 Å². The van der Waals surface area contributed by atoms with E-state index in [-0.39, 0.29) is 11.8 Å². The first kappa shape index (κ1) is 21.7. The highest BCUT2D eigenvalue weighted by Crippen LogP contribution is 2.26. The highest BCUT2D eigenvalue weighted by atomic mass is 35.5. The van der Waals surface area contributed by atoms with E-state index in [9.17, 15) is 9.59 Å². The van der Waals surface area contributed by atoms with Crippen molar-refractivity contribution in [2.75, 3.05) is 10.6 Å². The predicted octanol–water partition coefficient (Wildman–Crippen LogP) is 5.96. The van der Waals surface area contributed by atoms with E-state index in [1.165, 1.54) is 0 Å². The summed E-state index contributed by atoms with van der Waals surface area (Å²) in [5.41, 5.74) is 2.65. The minimum Gasteiger partial charge on any atom is -0.481 e. The Labute approximate surface area is 185 Å². The molecule has 2 N–H and O–H groups in total. The summed E-state index contributed by atoms with van der Waals surface area (Å²) in [6, 6.07) is 18.8. The molecule has 2 amide bonds. The molecule has 154 valence electrons. The maximum atomic E-state index is 12.4. The van der Waals surface area contributed by atoms with Gasteiger partial charge in [-0.1, -0.05) is 40.9 Å². The van der Waals surface area contributed by atoms with Crippen LogP contribution in [-0.4, -0.2) is 17.9 Å². The van der Waals surface area contributed by atoms with E-state index in [1.807, 2.05) is 31.2 Å². The van der Waals surface area contributed by atoms with Crippen molar-refractivity contribution in [2.24, 2.45) is 0 Å². The van der Waals surface area contributed by atoms with E-state index >= 15 is 0 Å². The molecule has 0 aliphatic rings. The third-order valence-corrected chi connectivity index (χ3v) is 4.86. The van der Waals surface area contributed by atoms with Crippen LogP contribution in [0.3, 0.4) is 0 Å². The van der Waals surface area contributed by atoms with Crippen LogP contribution in [0.1, 0.15) is 22.8 Å². The number of carbonyl (C=O) groups is 2. The van der Waals surface area contributed by atoms with Crippen LogP contribution in [0.15, 0.2) is 66.7 Å². The van der Waals surface area contributed by atoms with E-state index in [0.717, 1.165) is 5.56 Å². The Morgan fingerprint density at radius 3 is 2.23 bits per heavy atom. The molecular weight excluding hydrogens is 423 g/mol. The number of halogens is 2. The largest absolute Gasteiger partial charge is 0.481 e. The van der Waals surface area contributed by atoms with Crippen molar-refractivity contribution in [1.29, 1.82) is 0 Å². The van der Waals surface area contributed by atoms with E-state index in [2.05, 4.69) is 10.6 Å². The van der Waals surface area contributed by atoms with Gasteiger partial charge in [-0.15, -0.1) is 0 Å². The van der Waals surface area contributed by atoms with Gasteiger partial charge in [0.1, 0.15) is 5.75 Å². The van der Waals surface area contributed by atoms with Gasteiger partial charge in [0, 0.05) is 16.3 Å². The number of hydrogen-bond donors (Lipinski definition) is 2. The fourth-order valence-electron chi connectivity index (χ4n) is 2.61. The Morgan fingerprint density at radius 1 is 0.900 bits per heavy atom. The number of aryl methyl sites for hydroxylation is 1. The number of ether oxygens (including phenoxy) is 1. The Hall–Kier alpha value is -3.02. The lowest BCUT2D eigenvalue weighted by molar-refractivity contribution is -0.122. The Morgan fingerprint density at radius 2 is 1.57 bits per heavy atom. The lowest BCUT2D eigenvalue weighted by Gasteiger charge is -2.15. The second-order valence-corrected chi connectivity index (χ2v) is 7.56. The summed E-state index contributed by atoms with van der Waals surface area (Å²) < 4.78 is 5.68. The van der Waals surface area contributed by atoms with E-state index < -0.39 is 6.10 Å². The average molecular weight is 443 g/mol. The van der Waals surface area contributed by atoms with Crippen LogP contribution in [0.5, 0.6) is 5.75 Å². The molecule has 5 nitrogen and oxygen atoms in total. The second-order valence-electron chi connectivity index (χ2n) is 6.72. The minimum absolute atomic E-state index is 0.267. The standard InChI is InChI=1S/C23H20Cl2N2O3/c1-14-3-8-18(9-4-14)26-22(28)15(2)30-19-10-5-16(6-11-19)23(29)27-21-13-17(24)7-12-20(21)25/h3-13,15H,1-2H3,(H,26,28)(H,27,29). The topological polar surface area (TPSA) is 67.4 Å². The van der Waals surface area contributed by atoms with Gasteiger partial charge >= 0.3 is 0 Å². The highest BCUT2D eigenvalue weighted by molar-refractivity contribution is 6.35. The molecule has 0 radical (unpaired) electrons. The van der Waals surface area contributed by atoms with Crippen molar-refractivity contribution in [1.82, 2.24) is 0 Å². The van der Waals surface area contributed by atoms with Crippen molar-refractivity contribution < 1.29 is 14.3 Å². The summed E-state index contributed by atoms with van der Waals surface area (Å²) in [6.45, 7) is 3.64. The molecular formula is C23H20Cl2N2O3. The number of carbonyl (C=O) groups excluding carboxylic acids is 2. The fourth-order valence-corrected chi connectivity index (χ4v) is 2.95. The maximum absolute atomic E-state index is 12.4. The first-order valence-corrected chi connectivity index (χ1v) is 9.98. The van der Waals surface area contributed by atoms with Crippen molar-refractivity contribution >= 4 is 46.4 Å². The Bertz CT molecular complexity index is 1050. The summed E-state index contributed by atoms with van der Waals surface area (Å²) >= 11 is 12.0. The first-order valence-electron chi connectivity index (χ1n) is 9.22. The van der Waals surface area contributed by atoms with Gasteiger partial charge in [-0.3, -0.25) is 9.59 Å². The molecule has 0 spiro atoms. The summed E-state index contributed by atoms with van der Waals surface area (Å²) in [4.78, 5) is 24.7. The molecule has 0 aliphatic carbocycles. The molecule has 1 unspecified atom stereocenters. The van der Waals surface area contributed by atoms with Crippen LogP contribution in [-0.2, 0) is 4.79 Å². The van der Waals surface area contributed by atoms with Gasteiger partial charge in [0.25, 0.3) is 11.8 Å². The van der Waals surface area contributed by atoms with Crippen LogP contribution in [0, 0.1) is 6.92 Å². The average Bonchev–Trinajstić information content (AvgIpc) is 2.72. The summed E-state index contributed by atoms with van der Waals surface area (Å²) in [5.74, 6) is -0.133. The first-order chi connectivity index (χ1) is 14.3. The molecule has 0 heterocycles. The Kier molecular flexibility index (Phi) is 6.98. The zero-order valence-electron chi connectivity index (χ0n) is 16.4. The smallest absolute Gasteiger partial charge is 0.265 e. The summed E-state index contributed by atoms with van der Waals surface area (Å²) in [5, 5.41) is 6.38. The number of rotatable bonds is 6. The SMILES string of the molecule is Cc1ccc(NC(=O)C(C)Oc2ccc(C(=O)Nc3cc(Cl)ccc3Cl)cc2)cc1. The third-order valence-electron chi connectivity index (χ3n) is 4.29. The zero-order valence-corrected chi connectivity index (χ0v) is 17.9. The quantitative estimate of drug-likeness (QED) is 0.494. The summed E-state index contributed by atoms with van der Waals surface area (Å²) in [6.07, 6.45) is -0.712. The molecule has 0 saturated heterocycles. The van der Waals surface area contributed by atoms with Gasteiger partial charge in [-0.05, 0) is 68.4 Å². The van der Waals surface area contributed by atoms with Crippen LogP contribution in [0.25, 0.3) is 0 Å². The molecule has 0 saturated carbocycles. The van der Waals surface area contributed by atoms with E-state index in [4.69, 9.17) is 27.9 Å². The van der Waals surface area contributed by atoms with E-state index in [0.29, 0.717) is 32.7 Å².